The molecular weight excluding hydrogens is 529 g/mol. The molecule has 0 atom stereocenters. The maximum Gasteiger partial charge on any atom is 0.257 e. The summed E-state index contributed by atoms with van der Waals surface area (Å²) < 4.78 is 11.6. The van der Waals surface area contributed by atoms with Gasteiger partial charge in [0, 0.05) is 11.3 Å². The van der Waals surface area contributed by atoms with Crippen LogP contribution in [0.1, 0.15) is 15.9 Å². The highest BCUT2D eigenvalue weighted by molar-refractivity contribution is 7.80. The molecule has 5 rings (SSSR count). The number of hydrogen-bond donors (Lipinski definition) is 2. The summed E-state index contributed by atoms with van der Waals surface area (Å²) in [5.41, 5.74) is 3.91. The molecule has 0 saturated carbocycles. The van der Waals surface area contributed by atoms with Crippen molar-refractivity contribution in [2.24, 2.45) is 0 Å². The first-order valence-corrected chi connectivity index (χ1v) is 12.4. The molecule has 0 unspecified atom stereocenters. The van der Waals surface area contributed by atoms with Crippen LogP contribution in [-0.2, 0) is 6.61 Å². The van der Waals surface area contributed by atoms with E-state index in [0.29, 0.717) is 56.2 Å². The zero-order valence-electron chi connectivity index (χ0n) is 19.2. The van der Waals surface area contributed by atoms with Gasteiger partial charge in [0.15, 0.2) is 10.7 Å². The van der Waals surface area contributed by atoms with E-state index in [2.05, 4.69) is 15.6 Å². The molecule has 0 aliphatic heterocycles. The third kappa shape index (κ3) is 5.91. The zero-order valence-corrected chi connectivity index (χ0v) is 21.5. The van der Waals surface area contributed by atoms with Crippen LogP contribution in [-0.4, -0.2) is 16.0 Å². The van der Waals surface area contributed by atoms with E-state index in [0.717, 1.165) is 5.56 Å². The first-order chi connectivity index (χ1) is 18.0. The number of ether oxygens (including phenoxy) is 1. The van der Waals surface area contributed by atoms with Crippen LogP contribution in [0.25, 0.3) is 22.6 Å². The second-order valence-corrected chi connectivity index (χ2v) is 9.20. The number of hydrogen-bond acceptors (Lipinski definition) is 5. The molecule has 184 valence electrons. The molecule has 2 N–H and O–H groups in total. The number of nitrogens with zero attached hydrogens (tertiary/aromatic N) is 1. The summed E-state index contributed by atoms with van der Waals surface area (Å²) in [7, 11) is 0. The molecule has 0 saturated heterocycles. The Kier molecular flexibility index (Phi) is 7.37. The lowest BCUT2D eigenvalue weighted by molar-refractivity contribution is 0.0977. The number of anilines is 1. The van der Waals surface area contributed by atoms with Crippen molar-refractivity contribution in [3.05, 3.63) is 112 Å². The van der Waals surface area contributed by atoms with E-state index in [-0.39, 0.29) is 11.0 Å². The van der Waals surface area contributed by atoms with Crippen LogP contribution in [0, 0.1) is 0 Å². The summed E-state index contributed by atoms with van der Waals surface area (Å²) in [5, 5.41) is 6.61. The Morgan fingerprint density at radius 3 is 2.51 bits per heavy atom. The Bertz CT molecular complexity index is 1590. The Labute approximate surface area is 228 Å². The number of thiocarbonyl (C=S) groups is 1. The topological polar surface area (TPSA) is 76.4 Å². The molecule has 0 aliphatic rings. The second-order valence-electron chi connectivity index (χ2n) is 8.01. The molecule has 0 fully saturated rings. The van der Waals surface area contributed by atoms with Gasteiger partial charge in [-0.25, -0.2) is 4.98 Å². The number of carbonyl (C=O) groups excluding carboxylic acids is 1. The molecule has 1 amide bonds. The Morgan fingerprint density at radius 2 is 1.73 bits per heavy atom. The first kappa shape index (κ1) is 24.8. The highest BCUT2D eigenvalue weighted by Crippen LogP contribution is 2.34. The summed E-state index contributed by atoms with van der Waals surface area (Å²) in [6.07, 6.45) is 0. The average Bonchev–Trinajstić information content (AvgIpc) is 3.33. The van der Waals surface area contributed by atoms with E-state index in [1.165, 1.54) is 0 Å². The van der Waals surface area contributed by atoms with Crippen molar-refractivity contribution in [3.8, 4) is 17.2 Å². The van der Waals surface area contributed by atoms with Gasteiger partial charge in [0.1, 0.15) is 17.9 Å². The maximum atomic E-state index is 12.6. The minimum atomic E-state index is -0.340. The Balaban J connectivity index is 1.20. The number of nitrogens with one attached hydrogen (secondary N) is 2. The van der Waals surface area contributed by atoms with Gasteiger partial charge >= 0.3 is 0 Å². The molecule has 4 aromatic carbocycles. The van der Waals surface area contributed by atoms with Crippen molar-refractivity contribution in [3.63, 3.8) is 0 Å². The normalized spacial score (nSPS) is 10.8. The number of benzene rings is 4. The molecule has 37 heavy (non-hydrogen) atoms. The van der Waals surface area contributed by atoms with Crippen molar-refractivity contribution < 1.29 is 13.9 Å². The van der Waals surface area contributed by atoms with Crippen LogP contribution < -0.4 is 15.4 Å². The van der Waals surface area contributed by atoms with E-state index in [4.69, 9.17) is 44.6 Å². The van der Waals surface area contributed by atoms with Gasteiger partial charge in [-0.3, -0.25) is 10.1 Å². The summed E-state index contributed by atoms with van der Waals surface area (Å²) in [6, 6.07) is 27.3. The van der Waals surface area contributed by atoms with Crippen LogP contribution in [0.2, 0.25) is 10.0 Å². The molecule has 0 aliphatic carbocycles. The number of halogens is 2. The van der Waals surface area contributed by atoms with Crippen LogP contribution >= 0.6 is 35.4 Å². The Morgan fingerprint density at radius 1 is 0.946 bits per heavy atom. The van der Waals surface area contributed by atoms with Crippen LogP contribution in [0.4, 0.5) is 5.69 Å². The highest BCUT2D eigenvalue weighted by Gasteiger charge is 2.14. The van der Waals surface area contributed by atoms with Crippen molar-refractivity contribution in [2.75, 3.05) is 5.32 Å². The molecule has 1 heterocycles. The van der Waals surface area contributed by atoms with Gasteiger partial charge in [-0.2, -0.15) is 0 Å². The van der Waals surface area contributed by atoms with Crippen molar-refractivity contribution >= 4 is 63.2 Å². The second kappa shape index (κ2) is 11.0. The van der Waals surface area contributed by atoms with Crippen LogP contribution in [0.3, 0.4) is 0 Å². The van der Waals surface area contributed by atoms with Crippen molar-refractivity contribution in [2.45, 2.75) is 6.61 Å². The lowest BCUT2D eigenvalue weighted by Gasteiger charge is -2.10. The molecule has 0 spiro atoms. The summed E-state index contributed by atoms with van der Waals surface area (Å²) in [5.74, 6) is 0.680. The molecule has 0 bridgehead atoms. The van der Waals surface area contributed by atoms with Crippen LogP contribution in [0.15, 0.2) is 95.4 Å². The number of oxazole rings is 1. The van der Waals surface area contributed by atoms with Crippen molar-refractivity contribution in [1.82, 2.24) is 10.3 Å². The largest absolute Gasteiger partial charge is 0.489 e. The van der Waals surface area contributed by atoms with E-state index in [1.54, 1.807) is 60.7 Å². The molecular formula is C28H19Cl2N3O3S. The lowest BCUT2D eigenvalue weighted by Crippen LogP contribution is -2.34. The van der Waals surface area contributed by atoms with E-state index < -0.39 is 0 Å². The summed E-state index contributed by atoms with van der Waals surface area (Å²) in [4.78, 5) is 17.1. The molecule has 0 radical (unpaired) electrons. The summed E-state index contributed by atoms with van der Waals surface area (Å²) in [6.45, 7) is 0.448. The number of fused-ring (bicyclic) bond motifs is 1. The number of aromatic nitrogens is 1. The fraction of sp³-hybridized carbons (Fsp3) is 0.0357. The van der Waals surface area contributed by atoms with Gasteiger partial charge in [0.2, 0.25) is 5.89 Å². The van der Waals surface area contributed by atoms with E-state index >= 15 is 0 Å². The highest BCUT2D eigenvalue weighted by atomic mass is 35.5. The smallest absolute Gasteiger partial charge is 0.257 e. The Hall–Kier alpha value is -3.91. The lowest BCUT2D eigenvalue weighted by atomic mass is 10.2. The molecule has 1 aromatic heterocycles. The molecule has 6 nitrogen and oxygen atoms in total. The van der Waals surface area contributed by atoms with Gasteiger partial charge in [0.05, 0.1) is 15.6 Å². The summed E-state index contributed by atoms with van der Waals surface area (Å²) >= 11 is 17.7. The number of carbonyl (C=O) groups is 1. The SMILES string of the molecule is O=C(NC(=S)Nc1ccc2oc(-c3cccc(Cl)c3Cl)nc2c1)c1ccc(OCc2ccccc2)cc1. The van der Waals surface area contributed by atoms with Gasteiger partial charge in [-0.05, 0) is 72.4 Å². The predicted molar refractivity (Wildman–Crippen MR) is 150 cm³/mol. The zero-order chi connectivity index (χ0) is 25.8. The van der Waals surface area contributed by atoms with Gasteiger partial charge in [-0.1, -0.05) is 59.6 Å². The third-order valence-electron chi connectivity index (χ3n) is 5.42. The van der Waals surface area contributed by atoms with Gasteiger partial charge in [0.25, 0.3) is 5.91 Å². The number of amides is 1. The predicted octanol–water partition coefficient (Wildman–Crippen LogP) is 7.51. The van der Waals surface area contributed by atoms with E-state index in [9.17, 15) is 4.79 Å². The molecule has 5 aromatic rings. The minimum absolute atomic E-state index is 0.148. The fourth-order valence-electron chi connectivity index (χ4n) is 3.57. The van der Waals surface area contributed by atoms with Gasteiger partial charge < -0.3 is 14.5 Å². The van der Waals surface area contributed by atoms with Crippen LogP contribution in [0.5, 0.6) is 5.75 Å². The third-order valence-corrected chi connectivity index (χ3v) is 6.44. The monoisotopic (exact) mass is 547 g/mol. The fourth-order valence-corrected chi connectivity index (χ4v) is 4.16. The van der Waals surface area contributed by atoms with Gasteiger partial charge in [-0.15, -0.1) is 0 Å². The average molecular weight is 548 g/mol. The minimum Gasteiger partial charge on any atom is -0.489 e. The first-order valence-electron chi connectivity index (χ1n) is 11.2. The maximum absolute atomic E-state index is 12.6. The quantitative estimate of drug-likeness (QED) is 0.214. The van der Waals surface area contributed by atoms with Crippen molar-refractivity contribution in [1.29, 1.82) is 0 Å². The molecule has 9 heteroatoms. The number of rotatable bonds is 6. The standard InChI is InChI=1S/C28H19Cl2N3O3S/c29-22-8-4-7-21(25(22)30)27-32-23-15-19(11-14-24(23)36-27)31-28(37)33-26(34)18-9-12-20(13-10-18)35-16-17-5-2-1-3-6-17/h1-15H,16H2,(H2,31,33,34,37). The van der Waals surface area contributed by atoms with E-state index in [1.807, 2.05) is 30.3 Å².